The molecule has 0 bridgehead atoms. The summed E-state index contributed by atoms with van der Waals surface area (Å²) in [6, 6.07) is 21.9. The number of rotatable bonds is 6. The van der Waals surface area contributed by atoms with Crippen molar-refractivity contribution < 1.29 is 14.0 Å². The van der Waals surface area contributed by atoms with Gasteiger partial charge in [-0.2, -0.15) is 4.98 Å². The molecular weight excluding hydrogens is 384 g/mol. The topological polar surface area (TPSA) is 57.4 Å². The van der Waals surface area contributed by atoms with Crippen LogP contribution in [0.2, 0.25) is 0 Å². The number of hydrogen-bond donors (Lipinski definition) is 0. The van der Waals surface area contributed by atoms with E-state index in [9.17, 15) is 0 Å². The summed E-state index contributed by atoms with van der Waals surface area (Å²) in [6.07, 6.45) is 0. The van der Waals surface area contributed by atoms with E-state index in [1.165, 1.54) is 5.56 Å². The number of hydrogen-bond acceptors (Lipinski definition) is 6. The Kier molecular flexibility index (Phi) is 5.53. The number of aromatic nitrogens is 2. The molecule has 0 fully saturated rings. The minimum absolute atomic E-state index is 0.421. The quantitative estimate of drug-likeness (QED) is 0.400. The summed E-state index contributed by atoms with van der Waals surface area (Å²) in [5.41, 5.74) is 2.77. The normalized spacial score (nSPS) is 10.7. The van der Waals surface area contributed by atoms with E-state index in [0.29, 0.717) is 28.8 Å². The number of aryl methyl sites for hydroxylation is 1. The van der Waals surface area contributed by atoms with Crippen LogP contribution in [0.25, 0.3) is 22.8 Å². The van der Waals surface area contributed by atoms with Crippen molar-refractivity contribution in [2.45, 2.75) is 16.7 Å². The first-order valence-corrected chi connectivity index (χ1v) is 9.90. The molecule has 0 atom stereocenters. The standard InChI is InChI=1S/C23H20N2O3S/c1-15-11-13-16(14-12-15)29-20-10-5-4-7-17(20)23-24-22(25-28-23)21-18(26-2)8-6-9-19(21)27-3/h4-14H,1-3H3. The summed E-state index contributed by atoms with van der Waals surface area (Å²) in [4.78, 5) is 6.82. The summed E-state index contributed by atoms with van der Waals surface area (Å²) >= 11 is 1.66. The van der Waals surface area contributed by atoms with Gasteiger partial charge in [0.25, 0.3) is 5.89 Å². The highest BCUT2D eigenvalue weighted by Crippen LogP contribution is 2.39. The molecular formula is C23H20N2O3S. The fraction of sp³-hybridized carbons (Fsp3) is 0.130. The minimum atomic E-state index is 0.421. The smallest absolute Gasteiger partial charge is 0.259 e. The Morgan fingerprint density at radius 2 is 1.52 bits per heavy atom. The van der Waals surface area contributed by atoms with Crippen molar-refractivity contribution in [3.05, 3.63) is 72.3 Å². The van der Waals surface area contributed by atoms with Crippen molar-refractivity contribution in [3.8, 4) is 34.3 Å². The van der Waals surface area contributed by atoms with E-state index in [1.54, 1.807) is 26.0 Å². The predicted octanol–water partition coefficient (Wildman–Crippen LogP) is 5.88. The van der Waals surface area contributed by atoms with Gasteiger partial charge in [0.15, 0.2) is 0 Å². The molecule has 1 aromatic heterocycles. The average Bonchev–Trinajstić information content (AvgIpc) is 3.24. The molecule has 4 aromatic rings. The lowest BCUT2D eigenvalue weighted by Gasteiger charge is -2.09. The number of ether oxygens (including phenoxy) is 2. The number of methoxy groups -OCH3 is 2. The Labute approximate surface area is 173 Å². The van der Waals surface area contributed by atoms with Crippen LogP contribution in [-0.4, -0.2) is 24.4 Å². The van der Waals surface area contributed by atoms with Gasteiger partial charge < -0.3 is 14.0 Å². The molecule has 0 unspecified atom stereocenters. The third-order valence-electron chi connectivity index (χ3n) is 4.44. The average molecular weight is 404 g/mol. The van der Waals surface area contributed by atoms with Crippen molar-refractivity contribution in [3.63, 3.8) is 0 Å². The van der Waals surface area contributed by atoms with Gasteiger partial charge in [-0.3, -0.25) is 0 Å². The van der Waals surface area contributed by atoms with E-state index in [2.05, 4.69) is 41.3 Å². The van der Waals surface area contributed by atoms with Crippen LogP contribution in [0.15, 0.2) is 81.0 Å². The highest BCUT2D eigenvalue weighted by molar-refractivity contribution is 7.99. The van der Waals surface area contributed by atoms with Gasteiger partial charge in [-0.05, 0) is 43.3 Å². The van der Waals surface area contributed by atoms with Gasteiger partial charge in [0.05, 0.1) is 19.8 Å². The second-order valence-electron chi connectivity index (χ2n) is 6.37. The van der Waals surface area contributed by atoms with E-state index >= 15 is 0 Å². The molecule has 0 saturated heterocycles. The SMILES string of the molecule is COc1cccc(OC)c1-c1noc(-c2ccccc2Sc2ccc(C)cc2)n1. The Bertz CT molecular complexity index is 1100. The zero-order valence-electron chi connectivity index (χ0n) is 16.4. The summed E-state index contributed by atoms with van der Waals surface area (Å²) < 4.78 is 16.5. The van der Waals surface area contributed by atoms with E-state index < -0.39 is 0 Å². The Hall–Kier alpha value is -3.25. The van der Waals surface area contributed by atoms with Crippen molar-refractivity contribution in [2.75, 3.05) is 14.2 Å². The molecule has 6 heteroatoms. The van der Waals surface area contributed by atoms with Gasteiger partial charge in [-0.1, -0.05) is 52.8 Å². The maximum absolute atomic E-state index is 5.62. The molecule has 0 N–H and O–H groups in total. The molecule has 0 spiro atoms. The zero-order valence-corrected chi connectivity index (χ0v) is 17.2. The molecule has 0 aliphatic carbocycles. The number of nitrogens with zero attached hydrogens (tertiary/aromatic N) is 2. The summed E-state index contributed by atoms with van der Waals surface area (Å²) in [7, 11) is 3.21. The molecule has 1 heterocycles. The highest BCUT2D eigenvalue weighted by atomic mass is 32.2. The maximum Gasteiger partial charge on any atom is 0.259 e. The van der Waals surface area contributed by atoms with Crippen molar-refractivity contribution in [1.82, 2.24) is 10.1 Å². The molecule has 0 saturated carbocycles. The molecule has 0 aliphatic heterocycles. The van der Waals surface area contributed by atoms with Crippen LogP contribution in [0, 0.1) is 6.92 Å². The lowest BCUT2D eigenvalue weighted by Crippen LogP contribution is -1.94. The fourth-order valence-electron chi connectivity index (χ4n) is 2.97. The van der Waals surface area contributed by atoms with Gasteiger partial charge in [-0.15, -0.1) is 0 Å². The highest BCUT2D eigenvalue weighted by Gasteiger charge is 2.20. The molecule has 0 radical (unpaired) electrons. The first-order chi connectivity index (χ1) is 14.2. The molecule has 0 amide bonds. The van der Waals surface area contributed by atoms with Gasteiger partial charge in [-0.25, -0.2) is 0 Å². The predicted molar refractivity (Wildman–Crippen MR) is 114 cm³/mol. The van der Waals surface area contributed by atoms with E-state index in [0.717, 1.165) is 15.4 Å². The van der Waals surface area contributed by atoms with Gasteiger partial charge in [0, 0.05) is 9.79 Å². The van der Waals surface area contributed by atoms with Crippen LogP contribution < -0.4 is 9.47 Å². The minimum Gasteiger partial charge on any atom is -0.496 e. The van der Waals surface area contributed by atoms with E-state index in [1.807, 2.05) is 42.5 Å². The van der Waals surface area contributed by atoms with Crippen LogP contribution >= 0.6 is 11.8 Å². The number of benzene rings is 3. The third kappa shape index (κ3) is 3.98. The first-order valence-electron chi connectivity index (χ1n) is 9.08. The first kappa shape index (κ1) is 19.1. The molecule has 146 valence electrons. The molecule has 3 aromatic carbocycles. The lowest BCUT2D eigenvalue weighted by molar-refractivity contribution is 0.394. The van der Waals surface area contributed by atoms with Gasteiger partial charge in [0.2, 0.25) is 5.82 Å². The van der Waals surface area contributed by atoms with Crippen LogP contribution in [0.5, 0.6) is 11.5 Å². The molecule has 29 heavy (non-hydrogen) atoms. The second kappa shape index (κ2) is 8.41. The third-order valence-corrected chi connectivity index (χ3v) is 5.53. The van der Waals surface area contributed by atoms with Crippen LogP contribution in [0.1, 0.15) is 5.56 Å². The second-order valence-corrected chi connectivity index (χ2v) is 7.49. The summed E-state index contributed by atoms with van der Waals surface area (Å²) in [5.74, 6) is 2.12. The summed E-state index contributed by atoms with van der Waals surface area (Å²) in [5, 5.41) is 4.18. The van der Waals surface area contributed by atoms with Crippen LogP contribution in [-0.2, 0) is 0 Å². The van der Waals surface area contributed by atoms with E-state index in [-0.39, 0.29) is 0 Å². The van der Waals surface area contributed by atoms with Gasteiger partial charge >= 0.3 is 0 Å². The molecule has 5 nitrogen and oxygen atoms in total. The Morgan fingerprint density at radius 1 is 0.828 bits per heavy atom. The van der Waals surface area contributed by atoms with E-state index in [4.69, 9.17) is 14.0 Å². The lowest BCUT2D eigenvalue weighted by atomic mass is 10.1. The summed E-state index contributed by atoms with van der Waals surface area (Å²) in [6.45, 7) is 2.08. The largest absolute Gasteiger partial charge is 0.496 e. The van der Waals surface area contributed by atoms with Crippen LogP contribution in [0.4, 0.5) is 0 Å². The molecule has 0 aliphatic rings. The van der Waals surface area contributed by atoms with Crippen LogP contribution in [0.3, 0.4) is 0 Å². The zero-order chi connectivity index (χ0) is 20.2. The molecule has 4 rings (SSSR count). The monoisotopic (exact) mass is 404 g/mol. The van der Waals surface area contributed by atoms with Crippen molar-refractivity contribution >= 4 is 11.8 Å². The van der Waals surface area contributed by atoms with Gasteiger partial charge in [0.1, 0.15) is 17.1 Å². The Balaban J connectivity index is 1.72. The fourth-order valence-corrected chi connectivity index (χ4v) is 3.91. The Morgan fingerprint density at radius 3 is 2.21 bits per heavy atom. The van der Waals surface area contributed by atoms with Crippen molar-refractivity contribution in [1.29, 1.82) is 0 Å². The maximum atomic E-state index is 5.62. The van der Waals surface area contributed by atoms with Crippen molar-refractivity contribution in [2.24, 2.45) is 0 Å².